The van der Waals surface area contributed by atoms with Crippen molar-refractivity contribution in [2.24, 2.45) is 11.5 Å². The molecule has 6 aromatic rings. The van der Waals surface area contributed by atoms with E-state index >= 15 is 0 Å². The molecule has 0 fully saturated rings. The van der Waals surface area contributed by atoms with E-state index in [1.807, 2.05) is 18.2 Å². The molecule has 0 aliphatic heterocycles. The van der Waals surface area contributed by atoms with E-state index < -0.39 is 0 Å². The van der Waals surface area contributed by atoms with Crippen molar-refractivity contribution in [3.63, 3.8) is 0 Å². The van der Waals surface area contributed by atoms with Crippen LogP contribution in [0, 0.1) is 0 Å². The largest absolute Gasteiger partial charge is 0.405 e. The smallest absolute Gasteiger partial charge is 0.0346 e. The molecule has 0 spiro atoms. The molecule has 0 saturated heterocycles. The average molecular weight is 557 g/mol. The number of fused-ring (bicyclic) bond motifs is 3. The molecule has 6 rings (SSSR count). The van der Waals surface area contributed by atoms with Gasteiger partial charge < -0.3 is 11.5 Å². The van der Waals surface area contributed by atoms with Crippen molar-refractivity contribution in [3.8, 4) is 22.3 Å². The van der Waals surface area contributed by atoms with Crippen LogP contribution in [0.5, 0.6) is 0 Å². The molecule has 0 atom stereocenters. The molecular formula is C41H36N2. The number of allylic oxidation sites excluding steroid dienone is 6. The minimum Gasteiger partial charge on any atom is -0.405 e. The first kappa shape index (κ1) is 27.8. The Kier molecular flexibility index (Phi) is 7.93. The highest BCUT2D eigenvalue weighted by Gasteiger charge is 2.17. The van der Waals surface area contributed by atoms with E-state index in [-0.39, 0.29) is 0 Å². The summed E-state index contributed by atoms with van der Waals surface area (Å²) >= 11 is 0. The van der Waals surface area contributed by atoms with Gasteiger partial charge in [0, 0.05) is 5.70 Å². The molecule has 0 aliphatic rings. The van der Waals surface area contributed by atoms with Crippen LogP contribution in [-0.4, -0.2) is 0 Å². The van der Waals surface area contributed by atoms with Crippen LogP contribution in [0.2, 0.25) is 0 Å². The lowest BCUT2D eigenvalue weighted by Gasteiger charge is -2.18. The normalized spacial score (nSPS) is 13.0. The Morgan fingerprint density at radius 2 is 1.19 bits per heavy atom. The zero-order valence-electron chi connectivity index (χ0n) is 24.7. The van der Waals surface area contributed by atoms with Gasteiger partial charge in [-0.05, 0) is 115 Å². The first-order valence-electron chi connectivity index (χ1n) is 14.8. The van der Waals surface area contributed by atoms with Crippen molar-refractivity contribution in [2.45, 2.75) is 20.3 Å². The maximum Gasteiger partial charge on any atom is 0.0346 e. The van der Waals surface area contributed by atoms with E-state index in [1.54, 1.807) is 0 Å². The van der Waals surface area contributed by atoms with Gasteiger partial charge in [-0.3, -0.25) is 0 Å². The van der Waals surface area contributed by atoms with Crippen LogP contribution in [0.1, 0.15) is 25.8 Å². The van der Waals surface area contributed by atoms with Gasteiger partial charge >= 0.3 is 0 Å². The fraction of sp³-hybridized carbons (Fsp3) is 0.0732. The molecule has 0 saturated carbocycles. The van der Waals surface area contributed by atoms with Crippen molar-refractivity contribution in [1.29, 1.82) is 0 Å². The second-order valence-electron chi connectivity index (χ2n) is 10.9. The zero-order chi connectivity index (χ0) is 29.8. The van der Waals surface area contributed by atoms with Crippen LogP contribution in [0.4, 0.5) is 0 Å². The molecule has 0 aliphatic carbocycles. The van der Waals surface area contributed by atoms with Gasteiger partial charge in [-0.25, -0.2) is 0 Å². The summed E-state index contributed by atoms with van der Waals surface area (Å²) in [5.41, 5.74) is 21.0. The number of rotatable bonds is 7. The maximum absolute atomic E-state index is 6.41. The predicted octanol–water partition coefficient (Wildman–Crippen LogP) is 10.5. The van der Waals surface area contributed by atoms with Gasteiger partial charge in [-0.15, -0.1) is 0 Å². The van der Waals surface area contributed by atoms with Crippen LogP contribution < -0.4 is 11.5 Å². The summed E-state index contributed by atoms with van der Waals surface area (Å²) in [6.45, 7) is 4.23. The number of benzene rings is 6. The van der Waals surface area contributed by atoms with Gasteiger partial charge in [0.1, 0.15) is 0 Å². The highest BCUT2D eigenvalue weighted by atomic mass is 14.6. The average Bonchev–Trinajstić information content (AvgIpc) is 3.06. The summed E-state index contributed by atoms with van der Waals surface area (Å²) in [5.74, 6) is 0. The SMILES string of the molecule is CCC(=C\C=C/N)/C(N)=C/C=C(\C)c1cccc(-c2c3ccccc3c(-c3ccc4ccccc4c3)c3ccccc23)c1. The molecule has 2 nitrogen and oxygen atoms in total. The Hall–Kier alpha value is -5.34. The molecule has 0 amide bonds. The topological polar surface area (TPSA) is 52.0 Å². The van der Waals surface area contributed by atoms with Gasteiger partial charge in [-0.2, -0.15) is 0 Å². The monoisotopic (exact) mass is 556 g/mol. The minimum absolute atomic E-state index is 0.748. The van der Waals surface area contributed by atoms with Crippen molar-refractivity contribution in [3.05, 3.63) is 163 Å². The molecule has 0 heterocycles. The van der Waals surface area contributed by atoms with Crippen molar-refractivity contribution < 1.29 is 0 Å². The number of hydrogen-bond acceptors (Lipinski definition) is 2. The van der Waals surface area contributed by atoms with Crippen LogP contribution >= 0.6 is 0 Å². The lowest BCUT2D eigenvalue weighted by molar-refractivity contribution is 1.09. The van der Waals surface area contributed by atoms with Gasteiger partial charge in [0.05, 0.1) is 0 Å². The standard InChI is InChI=1S/C41H36N2/c1-3-29(16-11-25-42)39(43)24-21-28(2)31-14-10-15-33(26-31)40-35-17-6-8-19-37(35)41(38-20-9-7-18-36(38)40)34-23-22-30-12-4-5-13-32(30)27-34/h4-27H,3,42-43H2,1-2H3/b25-11-,28-21+,29-16+,39-24-. The molecule has 0 aromatic heterocycles. The molecule has 210 valence electrons. The highest BCUT2D eigenvalue weighted by molar-refractivity contribution is 6.21. The Labute approximate surface area is 254 Å². The molecule has 4 N–H and O–H groups in total. The van der Waals surface area contributed by atoms with E-state index in [0.717, 1.165) is 28.8 Å². The first-order valence-corrected chi connectivity index (χ1v) is 14.8. The molecule has 0 bridgehead atoms. The van der Waals surface area contributed by atoms with Crippen LogP contribution in [-0.2, 0) is 0 Å². The molecule has 0 radical (unpaired) electrons. The third kappa shape index (κ3) is 5.48. The Morgan fingerprint density at radius 3 is 1.79 bits per heavy atom. The number of nitrogens with two attached hydrogens (primary N) is 2. The predicted molar refractivity (Wildman–Crippen MR) is 187 cm³/mol. The second kappa shape index (κ2) is 12.3. The molecule has 0 unspecified atom stereocenters. The van der Waals surface area contributed by atoms with Gasteiger partial charge in [-0.1, -0.05) is 122 Å². The molecule has 6 aromatic carbocycles. The molecule has 43 heavy (non-hydrogen) atoms. The second-order valence-corrected chi connectivity index (χ2v) is 10.9. The third-order valence-corrected chi connectivity index (χ3v) is 8.25. The van der Waals surface area contributed by atoms with E-state index in [9.17, 15) is 0 Å². The Bertz CT molecular complexity index is 2030. The zero-order valence-corrected chi connectivity index (χ0v) is 24.7. The van der Waals surface area contributed by atoms with Crippen LogP contribution in [0.15, 0.2) is 157 Å². The van der Waals surface area contributed by atoms with E-state index in [4.69, 9.17) is 11.5 Å². The van der Waals surface area contributed by atoms with E-state index in [2.05, 4.69) is 135 Å². The van der Waals surface area contributed by atoms with Gasteiger partial charge in [0.2, 0.25) is 0 Å². The summed E-state index contributed by atoms with van der Waals surface area (Å²) in [7, 11) is 0. The van der Waals surface area contributed by atoms with Crippen molar-refractivity contribution in [2.75, 3.05) is 0 Å². The Morgan fingerprint density at radius 1 is 0.605 bits per heavy atom. The number of hydrogen-bond donors (Lipinski definition) is 2. The third-order valence-electron chi connectivity index (χ3n) is 8.25. The fourth-order valence-corrected chi connectivity index (χ4v) is 6.02. The first-order chi connectivity index (χ1) is 21.1. The summed E-state index contributed by atoms with van der Waals surface area (Å²) in [4.78, 5) is 0. The van der Waals surface area contributed by atoms with Crippen molar-refractivity contribution >= 4 is 37.9 Å². The Balaban J connectivity index is 1.52. The van der Waals surface area contributed by atoms with Gasteiger partial charge in [0.15, 0.2) is 0 Å². The van der Waals surface area contributed by atoms with Crippen LogP contribution in [0.25, 0.3) is 60.1 Å². The lowest BCUT2D eigenvalue weighted by atomic mass is 9.85. The molecular weight excluding hydrogens is 520 g/mol. The minimum atomic E-state index is 0.748. The fourth-order valence-electron chi connectivity index (χ4n) is 6.02. The molecule has 2 heteroatoms. The summed E-state index contributed by atoms with van der Waals surface area (Å²) in [6.07, 6.45) is 10.2. The van der Waals surface area contributed by atoms with E-state index in [1.165, 1.54) is 60.8 Å². The summed E-state index contributed by atoms with van der Waals surface area (Å²) in [5, 5.41) is 7.51. The van der Waals surface area contributed by atoms with Gasteiger partial charge in [0.25, 0.3) is 0 Å². The summed E-state index contributed by atoms with van der Waals surface area (Å²) < 4.78 is 0. The highest BCUT2D eigenvalue weighted by Crippen LogP contribution is 2.44. The van der Waals surface area contributed by atoms with Crippen molar-refractivity contribution in [1.82, 2.24) is 0 Å². The summed E-state index contributed by atoms with van der Waals surface area (Å²) in [6, 6.07) is 41.8. The quantitative estimate of drug-likeness (QED) is 0.152. The maximum atomic E-state index is 6.41. The van der Waals surface area contributed by atoms with E-state index in [0.29, 0.717) is 0 Å². The van der Waals surface area contributed by atoms with Crippen LogP contribution in [0.3, 0.4) is 0 Å². The lowest BCUT2D eigenvalue weighted by Crippen LogP contribution is -2.00.